The quantitative estimate of drug-likeness (QED) is 0.665. The van der Waals surface area contributed by atoms with Crippen LogP contribution in [0.2, 0.25) is 0 Å². The molecule has 1 aromatic rings. The minimum atomic E-state index is -0.276. The topological polar surface area (TPSA) is 71.8 Å². The Kier molecular flexibility index (Phi) is 3.06. The molecular formula is C6H11N5O. The summed E-state index contributed by atoms with van der Waals surface area (Å²) < 4.78 is 0. The van der Waals surface area contributed by atoms with Gasteiger partial charge in [0.05, 0.1) is 12.4 Å². The first-order valence-electron chi connectivity index (χ1n) is 3.74. The van der Waals surface area contributed by atoms with Crippen molar-refractivity contribution < 1.29 is 4.79 Å². The Morgan fingerprint density at radius 3 is 3.08 bits per heavy atom. The first-order valence-corrected chi connectivity index (χ1v) is 3.74. The van der Waals surface area contributed by atoms with Crippen LogP contribution in [0.4, 0.5) is 4.79 Å². The van der Waals surface area contributed by atoms with Gasteiger partial charge in [-0.3, -0.25) is 0 Å². The molecule has 0 atom stereocenters. The summed E-state index contributed by atoms with van der Waals surface area (Å²) in [6.45, 7) is 2.64. The van der Waals surface area contributed by atoms with Crippen LogP contribution in [0.3, 0.4) is 0 Å². The molecule has 6 heteroatoms. The number of nitrogens with one attached hydrogen (secondary N) is 2. The molecule has 1 rings (SSSR count). The van der Waals surface area contributed by atoms with Crippen molar-refractivity contribution in [1.29, 1.82) is 0 Å². The number of hydrogen-bond donors (Lipinski definition) is 2. The van der Waals surface area contributed by atoms with Gasteiger partial charge in [0.1, 0.15) is 0 Å². The van der Waals surface area contributed by atoms with E-state index in [0.717, 1.165) is 6.42 Å². The predicted molar refractivity (Wildman–Crippen MR) is 43.1 cm³/mol. The van der Waals surface area contributed by atoms with E-state index in [-0.39, 0.29) is 6.03 Å². The highest BCUT2D eigenvalue weighted by Crippen LogP contribution is 1.76. The fourth-order valence-electron chi connectivity index (χ4n) is 0.650. The van der Waals surface area contributed by atoms with E-state index in [1.807, 2.05) is 6.92 Å². The molecule has 2 N–H and O–H groups in total. The maximum absolute atomic E-state index is 11.0. The van der Waals surface area contributed by atoms with E-state index < -0.39 is 0 Å². The van der Waals surface area contributed by atoms with Crippen LogP contribution in [0.5, 0.6) is 0 Å². The Labute approximate surface area is 69.9 Å². The van der Waals surface area contributed by atoms with Gasteiger partial charge in [-0.15, -0.1) is 5.10 Å². The minimum absolute atomic E-state index is 0.276. The summed E-state index contributed by atoms with van der Waals surface area (Å²) in [4.78, 5) is 12.2. The van der Waals surface area contributed by atoms with Crippen LogP contribution in [-0.2, 0) is 0 Å². The van der Waals surface area contributed by atoms with Crippen LogP contribution in [0.25, 0.3) is 0 Å². The minimum Gasteiger partial charge on any atom is -0.337 e. The van der Waals surface area contributed by atoms with Crippen LogP contribution in [-0.4, -0.2) is 27.7 Å². The van der Waals surface area contributed by atoms with Crippen LogP contribution < -0.4 is 10.7 Å². The predicted octanol–water partition coefficient (Wildman–Crippen LogP) is -0.0588. The fourth-order valence-corrected chi connectivity index (χ4v) is 0.650. The third-order valence-electron chi connectivity index (χ3n) is 1.17. The summed E-state index contributed by atoms with van der Waals surface area (Å²) in [6, 6.07) is -0.276. The molecule has 66 valence electrons. The first-order chi connectivity index (χ1) is 5.83. The summed E-state index contributed by atoms with van der Waals surface area (Å²) >= 11 is 0. The zero-order valence-corrected chi connectivity index (χ0v) is 6.82. The molecule has 0 aliphatic rings. The second-order valence-corrected chi connectivity index (χ2v) is 2.22. The molecular weight excluding hydrogens is 158 g/mol. The molecule has 6 nitrogen and oxygen atoms in total. The van der Waals surface area contributed by atoms with Gasteiger partial charge in [-0.05, 0) is 11.6 Å². The van der Waals surface area contributed by atoms with Crippen molar-refractivity contribution in [1.82, 2.24) is 20.4 Å². The Morgan fingerprint density at radius 2 is 2.50 bits per heavy atom. The van der Waals surface area contributed by atoms with Gasteiger partial charge in [0.15, 0.2) is 0 Å². The molecule has 12 heavy (non-hydrogen) atoms. The standard InChI is InChI=1S/C6H11N5O/c1-2-3-7-6(12)9-11-5-4-8-10-11/h4-5H,2-3H2,1H3,(H2,7,9,12). The number of carbonyl (C=O) groups excluding carboxylic acids is 1. The van der Waals surface area contributed by atoms with Crippen LogP contribution in [0.15, 0.2) is 12.4 Å². The Hall–Kier alpha value is -1.59. The lowest BCUT2D eigenvalue weighted by molar-refractivity contribution is 0.249. The fraction of sp³-hybridized carbons (Fsp3) is 0.500. The van der Waals surface area contributed by atoms with Crippen molar-refractivity contribution in [2.75, 3.05) is 12.0 Å². The first kappa shape index (κ1) is 8.51. The van der Waals surface area contributed by atoms with Gasteiger partial charge in [0.25, 0.3) is 0 Å². The number of aromatic nitrogens is 3. The van der Waals surface area contributed by atoms with Crippen molar-refractivity contribution in [3.05, 3.63) is 12.4 Å². The smallest absolute Gasteiger partial charge is 0.335 e. The van der Waals surface area contributed by atoms with Gasteiger partial charge in [-0.2, -0.15) is 4.79 Å². The molecule has 0 saturated carbocycles. The molecule has 1 aromatic heterocycles. The average Bonchev–Trinajstić information content (AvgIpc) is 2.53. The Balaban J connectivity index is 2.27. The molecule has 0 radical (unpaired) electrons. The number of urea groups is 1. The summed E-state index contributed by atoms with van der Waals surface area (Å²) in [6.07, 6.45) is 3.94. The summed E-state index contributed by atoms with van der Waals surface area (Å²) in [5, 5.41) is 9.72. The van der Waals surface area contributed by atoms with E-state index in [2.05, 4.69) is 21.1 Å². The third-order valence-corrected chi connectivity index (χ3v) is 1.17. The van der Waals surface area contributed by atoms with E-state index in [1.54, 1.807) is 6.20 Å². The molecule has 0 bridgehead atoms. The van der Waals surface area contributed by atoms with Crippen LogP contribution in [0, 0.1) is 0 Å². The van der Waals surface area contributed by atoms with E-state index in [4.69, 9.17) is 0 Å². The van der Waals surface area contributed by atoms with Crippen molar-refractivity contribution >= 4 is 6.03 Å². The lowest BCUT2D eigenvalue weighted by Gasteiger charge is -2.04. The molecule has 0 aliphatic carbocycles. The van der Waals surface area contributed by atoms with Gasteiger partial charge < -0.3 is 5.32 Å². The molecule has 0 unspecified atom stereocenters. The van der Waals surface area contributed by atoms with Crippen molar-refractivity contribution in [3.63, 3.8) is 0 Å². The monoisotopic (exact) mass is 169 g/mol. The Bertz CT molecular complexity index is 232. The molecule has 0 aliphatic heterocycles. The molecule has 0 spiro atoms. The number of amides is 2. The number of rotatable bonds is 3. The lowest BCUT2D eigenvalue weighted by Crippen LogP contribution is -2.34. The maximum atomic E-state index is 11.0. The maximum Gasteiger partial charge on any atom is 0.335 e. The third kappa shape index (κ3) is 2.57. The van der Waals surface area contributed by atoms with Gasteiger partial charge in [0, 0.05) is 6.54 Å². The molecule has 0 fully saturated rings. The zero-order chi connectivity index (χ0) is 8.81. The van der Waals surface area contributed by atoms with E-state index in [0.29, 0.717) is 6.54 Å². The Morgan fingerprint density at radius 1 is 1.67 bits per heavy atom. The molecule has 0 saturated heterocycles. The summed E-state index contributed by atoms with van der Waals surface area (Å²) in [5.41, 5.74) is 2.45. The highest BCUT2D eigenvalue weighted by molar-refractivity contribution is 5.81. The number of nitrogens with zero attached hydrogens (tertiary/aromatic N) is 3. The van der Waals surface area contributed by atoms with Gasteiger partial charge in [0.2, 0.25) is 0 Å². The lowest BCUT2D eigenvalue weighted by atomic mass is 10.5. The zero-order valence-electron chi connectivity index (χ0n) is 6.82. The second-order valence-electron chi connectivity index (χ2n) is 2.22. The SMILES string of the molecule is CCCNC(=O)Nn1ccnn1. The van der Waals surface area contributed by atoms with Crippen molar-refractivity contribution in [2.45, 2.75) is 13.3 Å². The summed E-state index contributed by atoms with van der Waals surface area (Å²) in [7, 11) is 0. The number of carbonyl (C=O) groups is 1. The normalized spacial score (nSPS) is 9.42. The van der Waals surface area contributed by atoms with Crippen LogP contribution in [0.1, 0.15) is 13.3 Å². The summed E-state index contributed by atoms with van der Waals surface area (Å²) in [5.74, 6) is 0. The second kappa shape index (κ2) is 4.32. The molecule has 0 aromatic carbocycles. The van der Waals surface area contributed by atoms with Crippen LogP contribution >= 0.6 is 0 Å². The average molecular weight is 169 g/mol. The van der Waals surface area contributed by atoms with E-state index in [1.165, 1.54) is 11.0 Å². The van der Waals surface area contributed by atoms with Gasteiger partial charge in [-0.25, -0.2) is 10.2 Å². The highest BCUT2D eigenvalue weighted by Gasteiger charge is 1.97. The van der Waals surface area contributed by atoms with Crippen molar-refractivity contribution in [3.8, 4) is 0 Å². The molecule has 1 heterocycles. The van der Waals surface area contributed by atoms with Crippen molar-refractivity contribution in [2.24, 2.45) is 0 Å². The largest absolute Gasteiger partial charge is 0.337 e. The number of hydrogen-bond acceptors (Lipinski definition) is 3. The highest BCUT2D eigenvalue weighted by atomic mass is 16.2. The molecule has 2 amide bonds. The van der Waals surface area contributed by atoms with Gasteiger partial charge in [-0.1, -0.05) is 6.92 Å². The van der Waals surface area contributed by atoms with E-state index >= 15 is 0 Å². The van der Waals surface area contributed by atoms with Gasteiger partial charge >= 0.3 is 6.03 Å². The van der Waals surface area contributed by atoms with E-state index in [9.17, 15) is 4.79 Å².